The summed E-state index contributed by atoms with van der Waals surface area (Å²) in [6, 6.07) is 7.16. The Bertz CT molecular complexity index is 374. The van der Waals surface area contributed by atoms with E-state index in [1.807, 2.05) is 12.1 Å². The lowest BCUT2D eigenvalue weighted by Crippen LogP contribution is -2.18. The molecule has 0 amide bonds. The molecule has 0 aromatic heterocycles. The van der Waals surface area contributed by atoms with Crippen LogP contribution in [0.1, 0.15) is 12.5 Å². The van der Waals surface area contributed by atoms with Crippen LogP contribution in [0, 0.1) is 0 Å². The van der Waals surface area contributed by atoms with Crippen LogP contribution < -0.4 is 5.43 Å². The van der Waals surface area contributed by atoms with Gasteiger partial charge in [-0.1, -0.05) is 23.7 Å². The zero-order chi connectivity index (χ0) is 11.3. The predicted molar refractivity (Wildman–Crippen MR) is 59.3 cm³/mol. The lowest BCUT2D eigenvalue weighted by molar-refractivity contribution is -0.135. The van der Waals surface area contributed by atoms with Crippen LogP contribution in [-0.4, -0.2) is 23.3 Å². The summed E-state index contributed by atoms with van der Waals surface area (Å²) in [4.78, 5) is 10.2. The van der Waals surface area contributed by atoms with Gasteiger partial charge in [0.05, 0.1) is 5.71 Å². The quantitative estimate of drug-likeness (QED) is 0.607. The molecule has 0 fully saturated rings. The van der Waals surface area contributed by atoms with Gasteiger partial charge in [0.1, 0.15) is 6.54 Å². The molecule has 0 radical (unpaired) electrons. The molecule has 0 heterocycles. The van der Waals surface area contributed by atoms with Crippen molar-refractivity contribution in [1.29, 1.82) is 0 Å². The summed E-state index contributed by atoms with van der Waals surface area (Å²) in [6.45, 7) is 1.60. The number of nitrogens with zero attached hydrogens (tertiary/aromatic N) is 1. The van der Waals surface area contributed by atoms with Crippen LogP contribution in [0.25, 0.3) is 0 Å². The summed E-state index contributed by atoms with van der Waals surface area (Å²) >= 11 is 5.73. The van der Waals surface area contributed by atoms with Crippen LogP contribution in [0.4, 0.5) is 0 Å². The molecule has 80 valence electrons. The summed E-state index contributed by atoms with van der Waals surface area (Å²) in [5.41, 5.74) is 4.07. The molecular weight excluding hydrogens is 216 g/mol. The van der Waals surface area contributed by atoms with E-state index in [2.05, 4.69) is 10.5 Å². The summed E-state index contributed by atoms with van der Waals surface area (Å²) in [5, 5.41) is 12.9. The largest absolute Gasteiger partial charge is 0.480 e. The van der Waals surface area contributed by atoms with Gasteiger partial charge in [-0.3, -0.25) is 10.2 Å². The maximum Gasteiger partial charge on any atom is 0.324 e. The minimum atomic E-state index is -0.942. The van der Waals surface area contributed by atoms with Crippen LogP contribution >= 0.6 is 11.6 Å². The zero-order valence-corrected chi connectivity index (χ0v) is 8.95. The van der Waals surface area contributed by atoms with Crippen LogP contribution in [-0.2, 0) is 4.79 Å². The fraction of sp³-hybridized carbons (Fsp3) is 0.200. The molecule has 0 saturated heterocycles. The molecule has 0 saturated carbocycles. The Morgan fingerprint density at radius 3 is 2.60 bits per heavy atom. The van der Waals surface area contributed by atoms with E-state index in [-0.39, 0.29) is 6.54 Å². The van der Waals surface area contributed by atoms with Crippen molar-refractivity contribution in [1.82, 2.24) is 5.43 Å². The normalized spacial score (nSPS) is 11.2. The first-order valence-electron chi connectivity index (χ1n) is 4.34. The molecule has 5 heteroatoms. The second-order valence-corrected chi connectivity index (χ2v) is 3.37. The smallest absolute Gasteiger partial charge is 0.324 e. The molecule has 0 bridgehead atoms. The van der Waals surface area contributed by atoms with E-state index in [1.165, 1.54) is 0 Å². The van der Waals surface area contributed by atoms with Gasteiger partial charge in [0.2, 0.25) is 0 Å². The first-order valence-corrected chi connectivity index (χ1v) is 4.72. The van der Waals surface area contributed by atoms with E-state index in [0.29, 0.717) is 10.7 Å². The monoisotopic (exact) mass is 226 g/mol. The van der Waals surface area contributed by atoms with Crippen LogP contribution in [0.2, 0.25) is 5.02 Å². The third-order valence-corrected chi connectivity index (χ3v) is 1.99. The Labute approximate surface area is 92.6 Å². The highest BCUT2D eigenvalue weighted by Gasteiger charge is 1.97. The van der Waals surface area contributed by atoms with Gasteiger partial charge in [0, 0.05) is 5.02 Å². The van der Waals surface area contributed by atoms with E-state index in [1.54, 1.807) is 19.1 Å². The van der Waals surface area contributed by atoms with Crippen molar-refractivity contribution in [3.63, 3.8) is 0 Å². The van der Waals surface area contributed by atoms with Gasteiger partial charge in [0.15, 0.2) is 0 Å². The SMILES string of the molecule is C/C(=N\NCC(=O)O)c1ccc(Cl)cc1. The van der Waals surface area contributed by atoms with E-state index < -0.39 is 5.97 Å². The zero-order valence-electron chi connectivity index (χ0n) is 8.20. The highest BCUT2D eigenvalue weighted by molar-refractivity contribution is 6.30. The molecule has 1 aromatic rings. The van der Waals surface area contributed by atoms with E-state index in [9.17, 15) is 4.79 Å². The van der Waals surface area contributed by atoms with Crippen molar-refractivity contribution in [3.05, 3.63) is 34.9 Å². The van der Waals surface area contributed by atoms with E-state index in [0.717, 1.165) is 5.56 Å². The Kier molecular flexibility index (Phi) is 4.12. The minimum absolute atomic E-state index is 0.190. The summed E-state index contributed by atoms with van der Waals surface area (Å²) in [5.74, 6) is -0.942. The van der Waals surface area contributed by atoms with Gasteiger partial charge >= 0.3 is 5.97 Å². The Hall–Kier alpha value is -1.55. The standard InChI is InChI=1S/C10H11ClN2O2/c1-7(13-12-6-10(14)15)8-2-4-9(11)5-3-8/h2-5,12H,6H2,1H3,(H,14,15)/b13-7+. The van der Waals surface area contributed by atoms with Crippen LogP contribution in [0.5, 0.6) is 0 Å². The number of halogens is 1. The second-order valence-electron chi connectivity index (χ2n) is 2.93. The summed E-state index contributed by atoms with van der Waals surface area (Å²) in [7, 11) is 0. The molecular formula is C10H11ClN2O2. The van der Waals surface area contributed by atoms with E-state index in [4.69, 9.17) is 16.7 Å². The Morgan fingerprint density at radius 2 is 2.07 bits per heavy atom. The first kappa shape index (κ1) is 11.5. The summed E-state index contributed by atoms with van der Waals surface area (Å²) < 4.78 is 0. The lowest BCUT2D eigenvalue weighted by atomic mass is 10.1. The molecule has 0 atom stereocenters. The molecule has 1 rings (SSSR count). The number of aliphatic carboxylic acids is 1. The van der Waals surface area contributed by atoms with Gasteiger partial charge in [0.25, 0.3) is 0 Å². The number of nitrogens with one attached hydrogen (secondary N) is 1. The number of carbonyl (C=O) groups is 1. The molecule has 0 aliphatic rings. The van der Waals surface area contributed by atoms with Crippen LogP contribution in [0.3, 0.4) is 0 Å². The molecule has 2 N–H and O–H groups in total. The number of rotatable bonds is 4. The molecule has 1 aromatic carbocycles. The molecule has 4 nitrogen and oxygen atoms in total. The maximum atomic E-state index is 10.2. The molecule has 0 unspecified atom stereocenters. The molecule has 15 heavy (non-hydrogen) atoms. The van der Waals surface area contributed by atoms with Gasteiger partial charge in [-0.25, -0.2) is 0 Å². The van der Waals surface area contributed by atoms with Crippen molar-refractivity contribution >= 4 is 23.3 Å². The third-order valence-electron chi connectivity index (χ3n) is 1.74. The lowest BCUT2D eigenvalue weighted by Gasteiger charge is -2.01. The minimum Gasteiger partial charge on any atom is -0.480 e. The predicted octanol–water partition coefficient (Wildman–Crippen LogP) is 1.74. The van der Waals surface area contributed by atoms with Gasteiger partial charge in [-0.2, -0.15) is 5.10 Å². The fourth-order valence-corrected chi connectivity index (χ4v) is 1.11. The average molecular weight is 227 g/mol. The van der Waals surface area contributed by atoms with Gasteiger partial charge in [-0.15, -0.1) is 0 Å². The van der Waals surface area contributed by atoms with Gasteiger partial charge in [-0.05, 0) is 24.6 Å². The van der Waals surface area contributed by atoms with Crippen molar-refractivity contribution in [2.24, 2.45) is 5.10 Å². The Morgan fingerprint density at radius 1 is 1.47 bits per heavy atom. The topological polar surface area (TPSA) is 61.7 Å². The van der Waals surface area contributed by atoms with Crippen molar-refractivity contribution in [2.75, 3.05) is 6.54 Å². The number of hydrazone groups is 1. The van der Waals surface area contributed by atoms with Crippen molar-refractivity contribution in [2.45, 2.75) is 6.92 Å². The maximum absolute atomic E-state index is 10.2. The highest BCUT2D eigenvalue weighted by Crippen LogP contribution is 2.09. The second kappa shape index (κ2) is 5.36. The number of hydrogen-bond donors (Lipinski definition) is 2. The first-order chi connectivity index (χ1) is 7.09. The Balaban J connectivity index is 2.63. The molecule has 0 aliphatic carbocycles. The van der Waals surface area contributed by atoms with Crippen molar-refractivity contribution < 1.29 is 9.90 Å². The molecule has 0 aliphatic heterocycles. The highest BCUT2D eigenvalue weighted by atomic mass is 35.5. The van der Waals surface area contributed by atoms with Gasteiger partial charge < -0.3 is 5.11 Å². The fourth-order valence-electron chi connectivity index (χ4n) is 0.981. The average Bonchev–Trinajstić information content (AvgIpc) is 2.18. The number of benzene rings is 1. The van der Waals surface area contributed by atoms with E-state index >= 15 is 0 Å². The number of hydrogen-bond acceptors (Lipinski definition) is 3. The number of carboxylic acids is 1. The van der Waals surface area contributed by atoms with Crippen molar-refractivity contribution in [3.8, 4) is 0 Å². The molecule has 0 spiro atoms. The third kappa shape index (κ3) is 3.99. The van der Waals surface area contributed by atoms with Crippen LogP contribution in [0.15, 0.2) is 29.4 Å². The number of carboxylic acid groups (broad SMARTS) is 1. The summed E-state index contributed by atoms with van der Waals surface area (Å²) in [6.07, 6.45) is 0.